The highest BCUT2D eigenvalue weighted by Gasteiger charge is 2.31. The maximum Gasteiger partial charge on any atom is 0.169 e. The average molecular weight is 419 g/mol. The number of anilines is 3. The van der Waals surface area contributed by atoms with E-state index in [1.165, 1.54) is 5.69 Å². The SMILES string of the molecule is Nc1nnc(-c2ccccc2O)cc1N1CC(Oc2cccc(N3CCNCC3)c2)C1. The molecule has 1 aromatic heterocycles. The van der Waals surface area contributed by atoms with E-state index in [0.29, 0.717) is 30.2 Å². The number of aromatic hydroxyl groups is 1. The van der Waals surface area contributed by atoms with Crippen molar-refractivity contribution in [2.75, 3.05) is 54.8 Å². The van der Waals surface area contributed by atoms with E-state index in [0.717, 1.165) is 37.6 Å². The van der Waals surface area contributed by atoms with Gasteiger partial charge in [-0.2, -0.15) is 0 Å². The summed E-state index contributed by atoms with van der Waals surface area (Å²) in [6.07, 6.45) is 0.0828. The number of ether oxygens (including phenoxy) is 1. The Hall–Kier alpha value is -3.52. The molecule has 0 saturated carbocycles. The van der Waals surface area contributed by atoms with Gasteiger partial charge < -0.3 is 30.7 Å². The van der Waals surface area contributed by atoms with Gasteiger partial charge in [0.05, 0.1) is 24.5 Å². The summed E-state index contributed by atoms with van der Waals surface area (Å²) in [6, 6.07) is 17.3. The number of nitrogen functional groups attached to an aromatic ring is 1. The zero-order valence-corrected chi connectivity index (χ0v) is 17.2. The number of phenols is 1. The Labute approximate surface area is 181 Å². The van der Waals surface area contributed by atoms with Gasteiger partial charge >= 0.3 is 0 Å². The van der Waals surface area contributed by atoms with Gasteiger partial charge in [-0.3, -0.25) is 0 Å². The van der Waals surface area contributed by atoms with E-state index in [2.05, 4.69) is 37.4 Å². The van der Waals surface area contributed by atoms with Crippen LogP contribution < -0.4 is 25.6 Å². The van der Waals surface area contributed by atoms with Gasteiger partial charge in [-0.1, -0.05) is 18.2 Å². The molecule has 2 saturated heterocycles. The lowest BCUT2D eigenvalue weighted by atomic mass is 10.1. The van der Waals surface area contributed by atoms with Crippen molar-refractivity contribution in [3.8, 4) is 22.8 Å². The number of hydrogen-bond acceptors (Lipinski definition) is 8. The van der Waals surface area contributed by atoms with Crippen LogP contribution in [0.5, 0.6) is 11.5 Å². The number of nitrogens with one attached hydrogen (secondary N) is 1. The molecule has 8 nitrogen and oxygen atoms in total. The molecule has 0 amide bonds. The third kappa shape index (κ3) is 4.06. The lowest BCUT2D eigenvalue weighted by molar-refractivity contribution is 0.167. The lowest BCUT2D eigenvalue weighted by Gasteiger charge is -2.41. The molecule has 31 heavy (non-hydrogen) atoms. The van der Waals surface area contributed by atoms with E-state index in [4.69, 9.17) is 10.5 Å². The van der Waals surface area contributed by atoms with Crippen molar-refractivity contribution < 1.29 is 9.84 Å². The zero-order chi connectivity index (χ0) is 21.2. The van der Waals surface area contributed by atoms with Gasteiger partial charge in [0.15, 0.2) is 5.82 Å². The average Bonchev–Trinajstić information content (AvgIpc) is 2.78. The first-order chi connectivity index (χ1) is 15.2. The second kappa shape index (κ2) is 8.31. The molecule has 3 aromatic rings. The van der Waals surface area contributed by atoms with E-state index in [1.807, 2.05) is 30.3 Å². The summed E-state index contributed by atoms with van der Waals surface area (Å²) in [6.45, 7) is 5.46. The Morgan fingerprint density at radius 1 is 0.968 bits per heavy atom. The van der Waals surface area contributed by atoms with Crippen LogP contribution in [0.2, 0.25) is 0 Å². The van der Waals surface area contributed by atoms with Gasteiger partial charge in [0.1, 0.15) is 17.6 Å². The van der Waals surface area contributed by atoms with E-state index in [-0.39, 0.29) is 11.9 Å². The number of aromatic nitrogens is 2. The monoisotopic (exact) mass is 418 g/mol. The minimum atomic E-state index is 0.0828. The normalized spacial score (nSPS) is 16.8. The van der Waals surface area contributed by atoms with E-state index in [1.54, 1.807) is 12.1 Å². The number of piperazine rings is 1. The molecule has 0 spiro atoms. The number of rotatable bonds is 5. The molecule has 4 N–H and O–H groups in total. The summed E-state index contributed by atoms with van der Waals surface area (Å²) in [4.78, 5) is 4.50. The smallest absolute Gasteiger partial charge is 0.169 e. The first kappa shape index (κ1) is 19.4. The third-order valence-corrected chi connectivity index (χ3v) is 5.77. The van der Waals surface area contributed by atoms with Crippen LogP contribution in [-0.2, 0) is 0 Å². The predicted octanol–water partition coefficient (Wildman–Crippen LogP) is 2.11. The van der Waals surface area contributed by atoms with Gasteiger partial charge in [0.2, 0.25) is 0 Å². The highest BCUT2D eigenvalue weighted by molar-refractivity contribution is 5.74. The minimum Gasteiger partial charge on any atom is -0.507 e. The maximum absolute atomic E-state index is 10.1. The summed E-state index contributed by atoms with van der Waals surface area (Å²) in [5.41, 5.74) is 9.32. The van der Waals surface area contributed by atoms with Gasteiger partial charge in [-0.05, 0) is 30.3 Å². The van der Waals surface area contributed by atoms with Crippen LogP contribution in [0.25, 0.3) is 11.3 Å². The summed E-state index contributed by atoms with van der Waals surface area (Å²) in [7, 11) is 0. The molecule has 3 heterocycles. The molecule has 2 aliphatic rings. The molecule has 0 radical (unpaired) electrons. The summed E-state index contributed by atoms with van der Waals surface area (Å²) >= 11 is 0. The van der Waals surface area contributed by atoms with Gasteiger partial charge in [-0.15, -0.1) is 10.2 Å². The quantitative estimate of drug-likeness (QED) is 0.579. The largest absolute Gasteiger partial charge is 0.507 e. The van der Waals surface area contributed by atoms with E-state index < -0.39 is 0 Å². The molecular weight excluding hydrogens is 392 g/mol. The van der Waals surface area contributed by atoms with Crippen LogP contribution in [0.15, 0.2) is 54.6 Å². The number of phenolic OH excluding ortho intramolecular Hbond substituents is 1. The molecule has 2 aromatic carbocycles. The van der Waals surface area contributed by atoms with Crippen molar-refractivity contribution >= 4 is 17.2 Å². The van der Waals surface area contributed by atoms with Gasteiger partial charge in [0, 0.05) is 43.5 Å². The molecule has 2 fully saturated rings. The second-order valence-electron chi connectivity index (χ2n) is 7.90. The standard InChI is InChI=1S/C23H26N6O2/c24-23-21(13-20(26-27-23)19-6-1-2-7-22(19)30)29-14-18(15-29)31-17-5-3-4-16(12-17)28-10-8-25-9-11-28/h1-7,12-13,18,25,30H,8-11,14-15H2,(H2,24,27). The van der Waals surface area contributed by atoms with Crippen molar-refractivity contribution in [1.29, 1.82) is 0 Å². The molecule has 0 aliphatic carbocycles. The number of nitrogens with two attached hydrogens (primary N) is 1. The molecule has 0 unspecified atom stereocenters. The van der Waals surface area contributed by atoms with Crippen molar-refractivity contribution in [3.05, 3.63) is 54.6 Å². The molecule has 160 valence electrons. The Morgan fingerprint density at radius 2 is 1.77 bits per heavy atom. The Morgan fingerprint density at radius 3 is 2.58 bits per heavy atom. The second-order valence-corrected chi connectivity index (χ2v) is 7.90. The number of para-hydroxylation sites is 1. The topological polar surface area (TPSA) is 99.8 Å². The molecule has 5 rings (SSSR count). The Bertz CT molecular complexity index is 1060. The Balaban J connectivity index is 1.25. The van der Waals surface area contributed by atoms with Crippen molar-refractivity contribution in [1.82, 2.24) is 15.5 Å². The van der Waals surface area contributed by atoms with Gasteiger partial charge in [-0.25, -0.2) is 0 Å². The van der Waals surface area contributed by atoms with Crippen molar-refractivity contribution in [3.63, 3.8) is 0 Å². The number of hydrogen-bond donors (Lipinski definition) is 3. The zero-order valence-electron chi connectivity index (χ0n) is 17.2. The van der Waals surface area contributed by atoms with E-state index >= 15 is 0 Å². The van der Waals surface area contributed by atoms with E-state index in [9.17, 15) is 5.11 Å². The number of nitrogens with zero attached hydrogens (tertiary/aromatic N) is 4. The minimum absolute atomic E-state index is 0.0828. The van der Waals surface area contributed by atoms with Crippen molar-refractivity contribution in [2.24, 2.45) is 0 Å². The Kier molecular flexibility index (Phi) is 5.21. The van der Waals surface area contributed by atoms with Crippen LogP contribution in [0, 0.1) is 0 Å². The van der Waals surface area contributed by atoms with Crippen LogP contribution in [0.3, 0.4) is 0 Å². The summed E-state index contributed by atoms with van der Waals surface area (Å²) in [5, 5.41) is 21.7. The lowest BCUT2D eigenvalue weighted by Crippen LogP contribution is -2.54. The van der Waals surface area contributed by atoms with Crippen LogP contribution in [0.1, 0.15) is 0 Å². The fraction of sp³-hybridized carbons (Fsp3) is 0.304. The first-order valence-electron chi connectivity index (χ1n) is 10.6. The summed E-state index contributed by atoms with van der Waals surface area (Å²) < 4.78 is 6.21. The molecule has 2 aliphatic heterocycles. The number of benzene rings is 2. The molecule has 8 heteroatoms. The fourth-order valence-electron chi connectivity index (χ4n) is 4.04. The van der Waals surface area contributed by atoms with Crippen molar-refractivity contribution in [2.45, 2.75) is 6.10 Å². The molecule has 0 atom stereocenters. The first-order valence-corrected chi connectivity index (χ1v) is 10.6. The maximum atomic E-state index is 10.1. The highest BCUT2D eigenvalue weighted by Crippen LogP contribution is 2.34. The van der Waals surface area contributed by atoms with Crippen LogP contribution in [-0.4, -0.2) is 60.7 Å². The molecular formula is C23H26N6O2. The predicted molar refractivity (Wildman–Crippen MR) is 122 cm³/mol. The van der Waals surface area contributed by atoms with Crippen LogP contribution in [0.4, 0.5) is 17.2 Å². The highest BCUT2D eigenvalue weighted by atomic mass is 16.5. The molecule has 0 bridgehead atoms. The van der Waals surface area contributed by atoms with Gasteiger partial charge in [0.25, 0.3) is 0 Å². The third-order valence-electron chi connectivity index (χ3n) is 5.77. The van der Waals surface area contributed by atoms with Crippen LogP contribution >= 0.6 is 0 Å². The fourth-order valence-corrected chi connectivity index (χ4v) is 4.04. The summed E-state index contributed by atoms with van der Waals surface area (Å²) in [5.74, 6) is 1.43.